The molecule has 0 aromatic heterocycles. The monoisotopic (exact) mass is 454 g/mol. The quantitative estimate of drug-likeness (QED) is 0.709. The number of rotatable bonds is 4. The Balaban J connectivity index is 1.83. The van der Waals surface area contributed by atoms with Gasteiger partial charge in [-0.05, 0) is 56.9 Å². The number of hydrogen-bond donors (Lipinski definition) is 1. The van der Waals surface area contributed by atoms with E-state index in [9.17, 15) is 13.2 Å². The number of carbonyl (C=O) groups is 1. The highest BCUT2D eigenvalue weighted by Gasteiger charge is 2.35. The summed E-state index contributed by atoms with van der Waals surface area (Å²) in [6.07, 6.45) is 1.21. The number of hydrogen-bond acceptors (Lipinski definition) is 3. The van der Waals surface area contributed by atoms with E-state index in [1.165, 1.54) is 4.31 Å². The highest BCUT2D eigenvalue weighted by atomic mass is 35.5. The fourth-order valence-electron chi connectivity index (χ4n) is 3.92. The summed E-state index contributed by atoms with van der Waals surface area (Å²) in [5.41, 5.74) is 2.81. The second kappa shape index (κ2) is 8.64. The van der Waals surface area contributed by atoms with Crippen molar-refractivity contribution < 1.29 is 13.2 Å². The SMILES string of the molecule is Cc1cc(C)c(S(=O)(=O)N2CCC[C@H](C(=O)Nc3c(Cl)cccc3Cl)C2)c(C)c1. The Kier molecular flexibility index (Phi) is 6.58. The van der Waals surface area contributed by atoms with Gasteiger partial charge in [-0.2, -0.15) is 4.31 Å². The van der Waals surface area contributed by atoms with E-state index < -0.39 is 15.9 Å². The number of nitrogens with zero attached hydrogens (tertiary/aromatic N) is 1. The van der Waals surface area contributed by atoms with E-state index in [-0.39, 0.29) is 12.5 Å². The Morgan fingerprint density at radius 3 is 2.28 bits per heavy atom. The fraction of sp³-hybridized carbons (Fsp3) is 0.381. The van der Waals surface area contributed by atoms with E-state index in [2.05, 4.69) is 5.32 Å². The average molecular weight is 455 g/mol. The van der Waals surface area contributed by atoms with Crippen LogP contribution < -0.4 is 5.32 Å². The Labute approximate surface area is 182 Å². The summed E-state index contributed by atoms with van der Waals surface area (Å²) in [6.45, 7) is 6.08. The maximum absolute atomic E-state index is 13.3. The number of aryl methyl sites for hydroxylation is 3. The minimum atomic E-state index is -3.69. The lowest BCUT2D eigenvalue weighted by molar-refractivity contribution is -0.120. The van der Waals surface area contributed by atoms with Crippen molar-refractivity contribution in [2.75, 3.05) is 18.4 Å². The Morgan fingerprint density at radius 1 is 1.10 bits per heavy atom. The third-order valence-electron chi connectivity index (χ3n) is 5.17. The summed E-state index contributed by atoms with van der Waals surface area (Å²) >= 11 is 12.3. The molecule has 0 saturated carbocycles. The van der Waals surface area contributed by atoms with Gasteiger partial charge < -0.3 is 5.32 Å². The van der Waals surface area contributed by atoms with Crippen molar-refractivity contribution in [2.45, 2.75) is 38.5 Å². The van der Waals surface area contributed by atoms with Crippen molar-refractivity contribution in [3.05, 3.63) is 57.1 Å². The van der Waals surface area contributed by atoms with Gasteiger partial charge in [-0.3, -0.25) is 4.79 Å². The zero-order valence-corrected chi connectivity index (χ0v) is 19.0. The lowest BCUT2D eigenvalue weighted by Crippen LogP contribution is -2.44. The predicted molar refractivity (Wildman–Crippen MR) is 117 cm³/mol. The van der Waals surface area contributed by atoms with E-state index in [1.54, 1.807) is 32.0 Å². The molecule has 1 N–H and O–H groups in total. The van der Waals surface area contributed by atoms with Gasteiger partial charge in [0.2, 0.25) is 15.9 Å². The molecule has 2 aromatic carbocycles. The molecule has 0 bridgehead atoms. The summed E-state index contributed by atoms with van der Waals surface area (Å²) in [7, 11) is -3.69. The van der Waals surface area contributed by atoms with Gasteiger partial charge in [0.15, 0.2) is 0 Å². The number of piperidine rings is 1. The van der Waals surface area contributed by atoms with Crippen LogP contribution in [0.5, 0.6) is 0 Å². The Morgan fingerprint density at radius 2 is 1.69 bits per heavy atom. The van der Waals surface area contributed by atoms with Gasteiger partial charge in [0.25, 0.3) is 0 Å². The number of carbonyl (C=O) groups excluding carboxylic acids is 1. The number of benzene rings is 2. The summed E-state index contributed by atoms with van der Waals surface area (Å²) in [6, 6.07) is 8.72. The van der Waals surface area contributed by atoms with Gasteiger partial charge in [-0.15, -0.1) is 0 Å². The molecule has 0 spiro atoms. The van der Waals surface area contributed by atoms with Gasteiger partial charge in [-0.1, -0.05) is 47.0 Å². The lowest BCUT2D eigenvalue weighted by Gasteiger charge is -2.32. The highest BCUT2D eigenvalue weighted by Crippen LogP contribution is 2.32. The first kappa shape index (κ1) is 22.1. The highest BCUT2D eigenvalue weighted by molar-refractivity contribution is 7.89. The molecule has 5 nitrogen and oxygen atoms in total. The molecule has 1 heterocycles. The van der Waals surface area contributed by atoms with Gasteiger partial charge in [0, 0.05) is 13.1 Å². The first-order valence-electron chi connectivity index (χ1n) is 9.44. The maximum Gasteiger partial charge on any atom is 0.243 e. The van der Waals surface area contributed by atoms with Gasteiger partial charge in [0.05, 0.1) is 26.5 Å². The Hall–Kier alpha value is -1.60. The molecule has 1 fully saturated rings. The van der Waals surface area contributed by atoms with Crippen LogP contribution in [0.4, 0.5) is 5.69 Å². The van der Waals surface area contributed by atoms with E-state index in [0.717, 1.165) is 16.7 Å². The van der Waals surface area contributed by atoms with Crippen molar-refractivity contribution in [1.82, 2.24) is 4.31 Å². The average Bonchev–Trinajstić information content (AvgIpc) is 2.63. The molecule has 0 radical (unpaired) electrons. The van der Waals surface area contributed by atoms with Crippen molar-refractivity contribution in [3.63, 3.8) is 0 Å². The molecule has 1 aliphatic heterocycles. The van der Waals surface area contributed by atoms with Crippen LogP contribution in [-0.4, -0.2) is 31.7 Å². The largest absolute Gasteiger partial charge is 0.323 e. The van der Waals surface area contributed by atoms with Crippen LogP contribution in [0.1, 0.15) is 29.5 Å². The van der Waals surface area contributed by atoms with Crippen LogP contribution >= 0.6 is 23.2 Å². The maximum atomic E-state index is 13.3. The molecule has 1 atom stereocenters. The molecule has 2 aromatic rings. The second-order valence-corrected chi connectivity index (χ2v) is 10.2. The van der Waals surface area contributed by atoms with E-state index in [1.807, 2.05) is 19.1 Å². The van der Waals surface area contributed by atoms with E-state index in [0.29, 0.717) is 40.0 Å². The zero-order chi connectivity index (χ0) is 21.3. The van der Waals surface area contributed by atoms with E-state index >= 15 is 0 Å². The molecule has 156 valence electrons. The van der Waals surface area contributed by atoms with E-state index in [4.69, 9.17) is 23.2 Å². The summed E-state index contributed by atoms with van der Waals surface area (Å²) in [5.74, 6) is -0.755. The molecular weight excluding hydrogens is 431 g/mol. The van der Waals surface area contributed by atoms with Crippen molar-refractivity contribution in [1.29, 1.82) is 0 Å². The standard InChI is InChI=1S/C21H24Cl2N2O3S/c1-13-10-14(2)20(15(3)11-13)29(27,28)25-9-5-6-16(12-25)21(26)24-19-17(22)7-4-8-18(19)23/h4,7-8,10-11,16H,5-6,9,12H2,1-3H3,(H,24,26)/t16-/m0/s1. The number of para-hydroxylation sites is 1. The Bertz CT molecular complexity index is 1010. The molecule has 3 rings (SSSR count). The third kappa shape index (κ3) is 4.61. The molecule has 1 aliphatic rings. The number of nitrogens with one attached hydrogen (secondary N) is 1. The molecule has 0 aliphatic carbocycles. The summed E-state index contributed by atoms with van der Waals surface area (Å²) in [4.78, 5) is 13.1. The minimum absolute atomic E-state index is 0.128. The van der Waals surface area contributed by atoms with Crippen LogP contribution in [0.15, 0.2) is 35.2 Å². The second-order valence-electron chi connectivity index (χ2n) is 7.52. The number of anilines is 1. The summed E-state index contributed by atoms with van der Waals surface area (Å²) < 4.78 is 28.1. The third-order valence-corrected chi connectivity index (χ3v) is 7.97. The molecule has 8 heteroatoms. The van der Waals surface area contributed by atoms with Crippen LogP contribution in [0.3, 0.4) is 0 Å². The normalized spacial score (nSPS) is 17.9. The molecular formula is C21H24Cl2N2O3S. The van der Waals surface area contributed by atoms with Crippen molar-refractivity contribution in [3.8, 4) is 0 Å². The lowest BCUT2D eigenvalue weighted by atomic mass is 9.98. The number of halogens is 2. The van der Waals surface area contributed by atoms with Gasteiger partial charge in [0.1, 0.15) is 0 Å². The van der Waals surface area contributed by atoms with Crippen LogP contribution in [0, 0.1) is 26.7 Å². The molecule has 1 amide bonds. The van der Waals surface area contributed by atoms with Crippen LogP contribution in [0.2, 0.25) is 10.0 Å². The first-order chi connectivity index (χ1) is 13.6. The van der Waals surface area contributed by atoms with Crippen molar-refractivity contribution in [2.24, 2.45) is 5.92 Å². The van der Waals surface area contributed by atoms with Gasteiger partial charge >= 0.3 is 0 Å². The summed E-state index contributed by atoms with van der Waals surface area (Å²) in [5, 5.41) is 3.45. The molecule has 0 unspecified atom stereocenters. The predicted octanol–water partition coefficient (Wildman–Crippen LogP) is 4.96. The zero-order valence-electron chi connectivity index (χ0n) is 16.6. The first-order valence-corrected chi connectivity index (χ1v) is 11.6. The fourth-order valence-corrected chi connectivity index (χ4v) is 6.35. The molecule has 29 heavy (non-hydrogen) atoms. The number of amides is 1. The minimum Gasteiger partial charge on any atom is -0.323 e. The smallest absolute Gasteiger partial charge is 0.243 e. The van der Waals surface area contributed by atoms with Crippen LogP contribution in [0.25, 0.3) is 0 Å². The molecule has 1 saturated heterocycles. The number of sulfonamides is 1. The van der Waals surface area contributed by atoms with Crippen LogP contribution in [-0.2, 0) is 14.8 Å². The van der Waals surface area contributed by atoms with Gasteiger partial charge in [-0.25, -0.2) is 8.42 Å². The topological polar surface area (TPSA) is 66.5 Å². The van der Waals surface area contributed by atoms with Crippen molar-refractivity contribution >= 4 is 44.8 Å².